The van der Waals surface area contributed by atoms with Gasteiger partial charge in [-0.15, -0.1) is 5.06 Å². The summed E-state index contributed by atoms with van der Waals surface area (Å²) in [5.41, 5.74) is -1.43. The Morgan fingerprint density at radius 1 is 0.897 bits per heavy atom. The third-order valence-corrected chi connectivity index (χ3v) is 6.63. The normalized spacial score (nSPS) is 25.4. The Labute approximate surface area is 170 Å². The second-order valence-corrected chi connectivity index (χ2v) is 8.15. The van der Waals surface area contributed by atoms with E-state index in [4.69, 9.17) is 19.0 Å². The van der Waals surface area contributed by atoms with E-state index in [-0.39, 0.29) is 11.3 Å². The van der Waals surface area contributed by atoms with E-state index in [0.717, 1.165) is 5.56 Å². The zero-order chi connectivity index (χ0) is 21.8. The molecule has 0 bridgehead atoms. The molecule has 0 saturated carbocycles. The van der Waals surface area contributed by atoms with Gasteiger partial charge in [0.15, 0.2) is 5.66 Å². The van der Waals surface area contributed by atoms with Crippen molar-refractivity contribution >= 4 is 11.9 Å². The first-order valence-electron chi connectivity index (χ1n) is 9.30. The van der Waals surface area contributed by atoms with Crippen LogP contribution in [0.4, 0.5) is 0 Å². The van der Waals surface area contributed by atoms with Gasteiger partial charge in [-0.05, 0) is 52.4 Å². The van der Waals surface area contributed by atoms with Gasteiger partial charge in [-0.25, -0.2) is 9.59 Å². The lowest BCUT2D eigenvalue weighted by molar-refractivity contribution is -0.209. The number of fused-ring (bicyclic) bond motifs is 1. The van der Waals surface area contributed by atoms with Gasteiger partial charge in [0.1, 0.15) is 11.3 Å². The van der Waals surface area contributed by atoms with E-state index in [1.54, 1.807) is 24.3 Å². The Bertz CT molecular complexity index is 874. The van der Waals surface area contributed by atoms with E-state index in [9.17, 15) is 9.59 Å². The highest BCUT2D eigenvalue weighted by molar-refractivity contribution is 6.01. The second kappa shape index (κ2) is 6.74. The van der Waals surface area contributed by atoms with Crippen LogP contribution in [0.25, 0.3) is 0 Å². The topological polar surface area (TPSA) is 77.5 Å². The predicted octanol–water partition coefficient (Wildman–Crippen LogP) is 2.20. The maximum atomic E-state index is 13.0. The van der Waals surface area contributed by atoms with Crippen LogP contribution in [0.2, 0.25) is 0 Å². The van der Waals surface area contributed by atoms with Gasteiger partial charge in [0.25, 0.3) is 0 Å². The Kier molecular flexibility index (Phi) is 4.91. The highest BCUT2D eigenvalue weighted by atomic mass is 16.7. The fourth-order valence-electron chi connectivity index (χ4n) is 4.20. The summed E-state index contributed by atoms with van der Waals surface area (Å²) in [6.45, 7) is 8.13. The molecule has 2 aliphatic rings. The van der Waals surface area contributed by atoms with Gasteiger partial charge in [-0.2, -0.15) is 0 Å². The van der Waals surface area contributed by atoms with E-state index < -0.39 is 28.7 Å². The zero-order valence-corrected chi connectivity index (χ0v) is 18.2. The molecule has 1 aromatic carbocycles. The molecular weight excluding hydrogens is 376 g/mol. The molecule has 3 rings (SSSR count). The molecule has 0 aliphatic carbocycles. The van der Waals surface area contributed by atoms with Crippen LogP contribution in [-0.2, 0) is 29.6 Å². The quantitative estimate of drug-likeness (QED) is 0.707. The molecule has 158 valence electrons. The van der Waals surface area contributed by atoms with Crippen LogP contribution in [0, 0.1) is 0 Å². The van der Waals surface area contributed by atoms with E-state index in [2.05, 4.69) is 13.8 Å². The van der Waals surface area contributed by atoms with Gasteiger partial charge >= 0.3 is 11.9 Å². The summed E-state index contributed by atoms with van der Waals surface area (Å²) in [4.78, 5) is 33.7. The van der Waals surface area contributed by atoms with Crippen molar-refractivity contribution in [2.24, 2.45) is 0 Å². The zero-order valence-electron chi connectivity index (χ0n) is 18.2. The molecule has 0 amide bonds. The van der Waals surface area contributed by atoms with Crippen LogP contribution in [0.15, 0.2) is 35.6 Å². The molecule has 2 aliphatic heterocycles. The molecule has 2 heterocycles. The Morgan fingerprint density at radius 2 is 1.45 bits per heavy atom. The summed E-state index contributed by atoms with van der Waals surface area (Å²) < 4.78 is 15.3. The summed E-state index contributed by atoms with van der Waals surface area (Å²) in [5.74, 6) is -0.907. The van der Waals surface area contributed by atoms with Crippen molar-refractivity contribution in [3.8, 4) is 5.75 Å². The van der Waals surface area contributed by atoms with Crippen molar-refractivity contribution in [3.05, 3.63) is 41.2 Å². The maximum Gasteiger partial charge on any atom is 0.376 e. The van der Waals surface area contributed by atoms with Crippen LogP contribution >= 0.6 is 0 Å². The number of ether oxygens (including phenoxy) is 3. The SMILES string of the molecule is COC(=O)C1=C(C(=O)OC)C2(c3ccc(OC)cc3)N(C)C(C)(C)C(C)(C)N2O1. The third kappa shape index (κ3) is 2.52. The van der Waals surface area contributed by atoms with E-state index >= 15 is 0 Å². The van der Waals surface area contributed by atoms with Crippen molar-refractivity contribution in [2.75, 3.05) is 28.4 Å². The smallest absolute Gasteiger partial charge is 0.376 e. The maximum absolute atomic E-state index is 13.0. The van der Waals surface area contributed by atoms with Crippen molar-refractivity contribution < 1.29 is 28.6 Å². The number of methoxy groups -OCH3 is 3. The third-order valence-electron chi connectivity index (χ3n) is 6.63. The number of carbonyl (C=O) groups is 2. The molecule has 1 atom stereocenters. The number of hydrogen-bond donors (Lipinski definition) is 0. The predicted molar refractivity (Wildman–Crippen MR) is 105 cm³/mol. The van der Waals surface area contributed by atoms with Crippen molar-refractivity contribution in [1.82, 2.24) is 9.96 Å². The largest absolute Gasteiger partial charge is 0.497 e. The van der Waals surface area contributed by atoms with Crippen molar-refractivity contribution in [1.29, 1.82) is 0 Å². The van der Waals surface area contributed by atoms with Crippen molar-refractivity contribution in [3.63, 3.8) is 0 Å². The number of benzene rings is 1. The molecule has 0 radical (unpaired) electrons. The number of hydrogen-bond acceptors (Lipinski definition) is 8. The number of likely N-dealkylation sites (N-methyl/N-ethyl adjacent to an activating group) is 1. The Balaban J connectivity index is 2.40. The molecule has 1 saturated heterocycles. The summed E-state index contributed by atoms with van der Waals surface area (Å²) in [7, 11) is 6.01. The molecular formula is C21H28N2O6. The number of rotatable bonds is 4. The summed E-state index contributed by atoms with van der Waals surface area (Å²) in [6, 6.07) is 7.32. The van der Waals surface area contributed by atoms with Gasteiger partial charge in [0.2, 0.25) is 5.76 Å². The standard InChI is InChI=1S/C21H28N2O6/c1-19(2)20(3,4)23-21(22(19)5,13-9-11-14(26-6)12-10-13)15(17(24)27-7)16(29-23)18(25)28-8/h9-12H,1-8H3. The Hall–Kier alpha value is -2.58. The fraction of sp³-hybridized carbons (Fsp3) is 0.524. The molecule has 8 heteroatoms. The summed E-state index contributed by atoms with van der Waals surface area (Å²) in [5, 5.41) is 1.69. The molecule has 1 aromatic rings. The van der Waals surface area contributed by atoms with E-state index in [0.29, 0.717) is 5.75 Å². The van der Waals surface area contributed by atoms with Crippen LogP contribution < -0.4 is 4.74 Å². The molecule has 29 heavy (non-hydrogen) atoms. The van der Waals surface area contributed by atoms with E-state index in [1.165, 1.54) is 14.2 Å². The lowest BCUT2D eigenvalue weighted by atomic mass is 9.83. The highest BCUT2D eigenvalue weighted by Gasteiger charge is 2.73. The molecule has 0 N–H and O–H groups in total. The van der Waals surface area contributed by atoms with Gasteiger partial charge in [0.05, 0.1) is 26.9 Å². The first-order valence-corrected chi connectivity index (χ1v) is 9.30. The first kappa shape index (κ1) is 21.1. The average molecular weight is 404 g/mol. The second-order valence-electron chi connectivity index (χ2n) is 8.15. The van der Waals surface area contributed by atoms with Gasteiger partial charge in [0, 0.05) is 5.54 Å². The number of hydroxylamine groups is 2. The minimum absolute atomic E-state index is 0.0816. The minimum Gasteiger partial charge on any atom is -0.497 e. The molecule has 0 aromatic heterocycles. The summed E-state index contributed by atoms with van der Waals surface area (Å²) in [6.07, 6.45) is 0. The van der Waals surface area contributed by atoms with Crippen molar-refractivity contribution in [2.45, 2.75) is 44.4 Å². The van der Waals surface area contributed by atoms with Gasteiger partial charge in [-0.3, -0.25) is 4.90 Å². The average Bonchev–Trinajstić information content (AvgIpc) is 3.13. The van der Waals surface area contributed by atoms with Crippen LogP contribution in [0.3, 0.4) is 0 Å². The number of nitrogens with zero attached hydrogens (tertiary/aromatic N) is 2. The lowest BCUT2D eigenvalue weighted by Gasteiger charge is -2.41. The molecule has 0 spiro atoms. The Morgan fingerprint density at radius 3 is 1.93 bits per heavy atom. The molecule has 8 nitrogen and oxygen atoms in total. The lowest BCUT2D eigenvalue weighted by Crippen LogP contribution is -2.53. The fourth-order valence-corrected chi connectivity index (χ4v) is 4.20. The van der Waals surface area contributed by atoms with Crippen LogP contribution in [0.1, 0.15) is 33.3 Å². The minimum atomic E-state index is -1.20. The van der Waals surface area contributed by atoms with E-state index in [1.807, 2.05) is 37.9 Å². The van der Waals surface area contributed by atoms with Crippen LogP contribution in [-0.4, -0.2) is 61.4 Å². The highest BCUT2D eigenvalue weighted by Crippen LogP contribution is 2.60. The van der Waals surface area contributed by atoms with Gasteiger partial charge < -0.3 is 19.0 Å². The molecule has 1 fully saturated rings. The van der Waals surface area contributed by atoms with Gasteiger partial charge in [-0.1, -0.05) is 12.1 Å². The van der Waals surface area contributed by atoms with Crippen LogP contribution in [0.5, 0.6) is 5.75 Å². The summed E-state index contributed by atoms with van der Waals surface area (Å²) >= 11 is 0. The number of esters is 2. The monoisotopic (exact) mass is 404 g/mol. The number of carbonyl (C=O) groups excluding carboxylic acids is 2. The first-order chi connectivity index (χ1) is 13.5. The molecule has 1 unspecified atom stereocenters.